The summed E-state index contributed by atoms with van der Waals surface area (Å²) in [7, 11) is 3.22. The normalized spacial score (nSPS) is 19.2. The van der Waals surface area contributed by atoms with Gasteiger partial charge >= 0.3 is 0 Å². The molecule has 2 heterocycles. The molecule has 130 valence electrons. The molecular formula is C19H20N2O4. The molecule has 1 aliphatic heterocycles. The van der Waals surface area contributed by atoms with Crippen LogP contribution < -0.4 is 14.8 Å². The van der Waals surface area contributed by atoms with Crippen LogP contribution in [0.4, 0.5) is 5.88 Å². The summed E-state index contributed by atoms with van der Waals surface area (Å²) in [6.45, 7) is 1.89. The number of ketones is 1. The number of benzene rings is 1. The van der Waals surface area contributed by atoms with E-state index in [0.29, 0.717) is 23.8 Å². The molecule has 6 nitrogen and oxygen atoms in total. The summed E-state index contributed by atoms with van der Waals surface area (Å²) in [6, 6.07) is 5.73. The highest BCUT2D eigenvalue weighted by Gasteiger charge is 2.40. The van der Waals surface area contributed by atoms with E-state index < -0.39 is 0 Å². The van der Waals surface area contributed by atoms with Crippen LogP contribution in [-0.4, -0.2) is 25.2 Å². The highest BCUT2D eigenvalue weighted by molar-refractivity contribution is 6.01. The Hall–Kier alpha value is -2.76. The number of hydrogen-bond donors (Lipinski definition) is 1. The fourth-order valence-corrected chi connectivity index (χ4v) is 3.87. The van der Waals surface area contributed by atoms with Crippen molar-refractivity contribution in [2.24, 2.45) is 0 Å². The number of rotatable bonds is 3. The van der Waals surface area contributed by atoms with E-state index in [9.17, 15) is 4.79 Å². The molecule has 1 aromatic carbocycles. The number of fused-ring (bicyclic) bond motifs is 1. The van der Waals surface area contributed by atoms with E-state index in [0.717, 1.165) is 40.9 Å². The van der Waals surface area contributed by atoms with Crippen molar-refractivity contribution in [3.05, 3.63) is 46.3 Å². The van der Waals surface area contributed by atoms with E-state index >= 15 is 0 Å². The van der Waals surface area contributed by atoms with Crippen LogP contribution in [0.15, 0.2) is 34.0 Å². The molecule has 1 N–H and O–H groups in total. The van der Waals surface area contributed by atoms with E-state index in [1.165, 1.54) is 0 Å². The quantitative estimate of drug-likeness (QED) is 0.921. The molecule has 25 heavy (non-hydrogen) atoms. The summed E-state index contributed by atoms with van der Waals surface area (Å²) in [6.07, 6.45) is 2.22. The van der Waals surface area contributed by atoms with Gasteiger partial charge in [-0.2, -0.15) is 0 Å². The van der Waals surface area contributed by atoms with Gasteiger partial charge in [0.05, 0.1) is 31.4 Å². The average molecular weight is 340 g/mol. The lowest BCUT2D eigenvalue weighted by molar-refractivity contribution is -0.116. The molecule has 0 amide bonds. The second-order valence-electron chi connectivity index (χ2n) is 6.32. The molecule has 0 radical (unpaired) electrons. The number of nitrogens with zero attached hydrogens (tertiary/aromatic N) is 1. The molecule has 0 bridgehead atoms. The van der Waals surface area contributed by atoms with Gasteiger partial charge in [-0.15, -0.1) is 0 Å². The molecule has 0 fully saturated rings. The summed E-state index contributed by atoms with van der Waals surface area (Å²) < 4.78 is 16.6. The van der Waals surface area contributed by atoms with Crippen LogP contribution in [0, 0.1) is 6.92 Å². The van der Waals surface area contributed by atoms with Crippen LogP contribution >= 0.6 is 0 Å². The van der Waals surface area contributed by atoms with E-state index in [1.807, 2.05) is 25.1 Å². The van der Waals surface area contributed by atoms with E-state index in [4.69, 9.17) is 14.0 Å². The molecule has 1 aromatic heterocycles. The third kappa shape index (κ3) is 2.32. The molecule has 0 saturated heterocycles. The Bertz CT molecular complexity index is 882. The first-order chi connectivity index (χ1) is 12.2. The maximum atomic E-state index is 12.8. The van der Waals surface area contributed by atoms with Crippen molar-refractivity contribution >= 4 is 11.7 Å². The van der Waals surface area contributed by atoms with Gasteiger partial charge in [-0.3, -0.25) is 4.79 Å². The monoisotopic (exact) mass is 340 g/mol. The van der Waals surface area contributed by atoms with Crippen molar-refractivity contribution in [1.82, 2.24) is 5.16 Å². The standard InChI is InChI=1S/C19H20N2O4/c1-10-15-16(11-6-4-9-14(23-2)18(11)24-3)17-12(7-5-8-13(17)22)20-19(15)25-21-10/h4,6,9,16,20H,5,7-8H2,1-3H3/t16-/m1/s1. The minimum Gasteiger partial charge on any atom is -0.493 e. The first-order valence-electron chi connectivity index (χ1n) is 8.36. The predicted octanol–water partition coefficient (Wildman–Crippen LogP) is 3.56. The Balaban J connectivity index is 1.99. The van der Waals surface area contributed by atoms with Gasteiger partial charge in [-0.1, -0.05) is 17.3 Å². The van der Waals surface area contributed by atoms with E-state index in [2.05, 4.69) is 10.5 Å². The smallest absolute Gasteiger partial charge is 0.233 e. The molecule has 6 heteroatoms. The predicted molar refractivity (Wildman–Crippen MR) is 92.1 cm³/mol. The summed E-state index contributed by atoms with van der Waals surface area (Å²) in [4.78, 5) is 12.8. The van der Waals surface area contributed by atoms with Gasteiger partial charge in [0.15, 0.2) is 17.3 Å². The minimum atomic E-state index is -0.268. The van der Waals surface area contributed by atoms with Crippen molar-refractivity contribution < 1.29 is 18.8 Å². The van der Waals surface area contributed by atoms with Gasteiger partial charge in [-0.25, -0.2) is 0 Å². The molecule has 0 spiro atoms. The molecule has 0 unspecified atom stereocenters. The van der Waals surface area contributed by atoms with Gasteiger partial charge in [0.1, 0.15) is 0 Å². The van der Waals surface area contributed by atoms with Gasteiger partial charge in [0.2, 0.25) is 5.88 Å². The number of carbonyl (C=O) groups is 1. The van der Waals surface area contributed by atoms with E-state index in [-0.39, 0.29) is 11.7 Å². The van der Waals surface area contributed by atoms with Gasteiger partial charge < -0.3 is 19.3 Å². The molecular weight excluding hydrogens is 320 g/mol. The SMILES string of the molecule is COc1cccc([C@H]2C3=C(CCCC3=O)Nc3onc(C)c32)c1OC. The number of carbonyl (C=O) groups excluding carboxylic acids is 1. The van der Waals surface area contributed by atoms with Gasteiger partial charge in [-0.05, 0) is 25.8 Å². The second kappa shape index (κ2) is 5.95. The zero-order chi connectivity index (χ0) is 17.6. The number of aryl methyl sites for hydroxylation is 1. The zero-order valence-electron chi connectivity index (χ0n) is 14.5. The highest BCUT2D eigenvalue weighted by atomic mass is 16.5. The van der Waals surface area contributed by atoms with Crippen LogP contribution in [-0.2, 0) is 4.79 Å². The lowest BCUT2D eigenvalue weighted by atomic mass is 9.76. The maximum absolute atomic E-state index is 12.8. The Morgan fingerprint density at radius 2 is 2.08 bits per heavy atom. The van der Waals surface area contributed by atoms with Gasteiger partial charge in [0.25, 0.3) is 0 Å². The first kappa shape index (κ1) is 15.7. The van der Waals surface area contributed by atoms with E-state index in [1.54, 1.807) is 14.2 Å². The highest BCUT2D eigenvalue weighted by Crippen LogP contribution is 2.50. The second-order valence-corrected chi connectivity index (χ2v) is 6.32. The summed E-state index contributed by atoms with van der Waals surface area (Å²) in [5, 5.41) is 7.38. The Kier molecular flexibility index (Phi) is 3.75. The number of methoxy groups -OCH3 is 2. The van der Waals surface area contributed by atoms with Crippen LogP contribution in [0.5, 0.6) is 11.5 Å². The van der Waals surface area contributed by atoms with Crippen LogP contribution in [0.25, 0.3) is 0 Å². The Morgan fingerprint density at radius 1 is 1.24 bits per heavy atom. The summed E-state index contributed by atoms with van der Waals surface area (Å²) >= 11 is 0. The summed E-state index contributed by atoms with van der Waals surface area (Å²) in [5.74, 6) is 1.78. The number of anilines is 1. The first-order valence-corrected chi connectivity index (χ1v) is 8.36. The third-order valence-corrected chi connectivity index (χ3v) is 4.95. The number of para-hydroxylation sites is 1. The minimum absolute atomic E-state index is 0.162. The summed E-state index contributed by atoms with van der Waals surface area (Å²) in [5.41, 5.74) is 4.26. The van der Waals surface area contributed by atoms with Crippen LogP contribution in [0.2, 0.25) is 0 Å². The molecule has 2 aromatic rings. The van der Waals surface area contributed by atoms with Crippen LogP contribution in [0.1, 0.15) is 42.0 Å². The van der Waals surface area contributed by atoms with Crippen molar-refractivity contribution in [2.45, 2.75) is 32.1 Å². The van der Waals surface area contributed by atoms with Crippen molar-refractivity contribution in [3.63, 3.8) is 0 Å². The molecule has 2 aliphatic rings. The Morgan fingerprint density at radius 3 is 2.84 bits per heavy atom. The largest absolute Gasteiger partial charge is 0.493 e. The average Bonchev–Trinajstić information content (AvgIpc) is 3.00. The molecule has 4 rings (SSSR count). The number of hydrogen-bond acceptors (Lipinski definition) is 6. The third-order valence-electron chi connectivity index (χ3n) is 4.95. The van der Waals surface area contributed by atoms with Crippen LogP contribution in [0.3, 0.4) is 0 Å². The lowest BCUT2D eigenvalue weighted by Crippen LogP contribution is -2.26. The molecule has 0 saturated carbocycles. The number of aromatic nitrogens is 1. The van der Waals surface area contributed by atoms with Gasteiger partial charge in [0, 0.05) is 23.3 Å². The fourth-order valence-electron chi connectivity index (χ4n) is 3.87. The number of allylic oxidation sites excluding steroid dienone is 2. The fraction of sp³-hybridized carbons (Fsp3) is 0.368. The zero-order valence-corrected chi connectivity index (χ0v) is 14.5. The van der Waals surface area contributed by atoms with Crippen molar-refractivity contribution in [1.29, 1.82) is 0 Å². The molecule has 1 aliphatic carbocycles. The number of ether oxygens (including phenoxy) is 2. The Labute approximate surface area is 145 Å². The maximum Gasteiger partial charge on any atom is 0.233 e. The van der Waals surface area contributed by atoms with Crippen molar-refractivity contribution in [3.8, 4) is 11.5 Å². The number of Topliss-reactive ketones (excluding diaryl/α,β-unsaturated/α-hetero) is 1. The number of nitrogens with one attached hydrogen (secondary N) is 1. The molecule has 1 atom stereocenters. The lowest BCUT2D eigenvalue weighted by Gasteiger charge is -2.32. The topological polar surface area (TPSA) is 73.6 Å². The van der Waals surface area contributed by atoms with Crippen molar-refractivity contribution in [2.75, 3.05) is 19.5 Å².